The fourth-order valence-electron chi connectivity index (χ4n) is 2.73. The number of hydrogen-bond donors (Lipinski definition) is 1. The first-order chi connectivity index (χ1) is 10.4. The highest BCUT2D eigenvalue weighted by atomic mass is 28.3. The fourth-order valence-corrected chi connectivity index (χ4v) is 3.75. The maximum atomic E-state index is 9.98. The van der Waals surface area contributed by atoms with Crippen LogP contribution in [0.1, 0.15) is 82.8 Å². The van der Waals surface area contributed by atoms with E-state index < -0.39 is 8.07 Å². The molecule has 0 bridgehead atoms. The summed E-state index contributed by atoms with van der Waals surface area (Å²) < 4.78 is 5.56. The molecule has 3 heteroatoms. The Morgan fingerprint density at radius 3 is 2.00 bits per heavy atom. The van der Waals surface area contributed by atoms with Gasteiger partial charge in [-0.2, -0.15) is 0 Å². The van der Waals surface area contributed by atoms with Gasteiger partial charge in [-0.25, -0.2) is 0 Å². The summed E-state index contributed by atoms with van der Waals surface area (Å²) in [5.74, 6) is 0. The Kier molecular flexibility index (Phi) is 9.11. The molecule has 0 aromatic carbocycles. The summed E-state index contributed by atoms with van der Waals surface area (Å²) in [6.07, 6.45) is 14.7. The predicted octanol–water partition coefficient (Wildman–Crippen LogP) is 5.78. The van der Waals surface area contributed by atoms with Crippen LogP contribution in [0.4, 0.5) is 0 Å². The highest BCUT2D eigenvalue weighted by Crippen LogP contribution is 2.20. The van der Waals surface area contributed by atoms with Crippen molar-refractivity contribution in [3.8, 4) is 0 Å². The lowest BCUT2D eigenvalue weighted by Crippen LogP contribution is -2.36. The van der Waals surface area contributed by atoms with Crippen LogP contribution in [0.25, 0.3) is 0 Å². The van der Waals surface area contributed by atoms with Crippen LogP contribution in [0.3, 0.4) is 0 Å². The number of aliphatic hydroxyl groups excluding tert-OH is 1. The summed E-state index contributed by atoms with van der Waals surface area (Å²) in [4.78, 5) is 0. The molecule has 1 aliphatic carbocycles. The lowest BCUT2D eigenvalue weighted by atomic mass is 10.0. The smallest absolute Gasteiger partial charge is 0.123 e. The molecule has 1 atom stereocenters. The maximum Gasteiger partial charge on any atom is 0.123 e. The van der Waals surface area contributed by atoms with Crippen LogP contribution in [0.5, 0.6) is 0 Å². The van der Waals surface area contributed by atoms with Crippen LogP contribution in [0.15, 0.2) is 16.7 Å². The first-order valence-corrected chi connectivity index (χ1v) is 12.7. The van der Waals surface area contributed by atoms with Crippen LogP contribution in [0.2, 0.25) is 19.6 Å². The molecule has 1 N–H and O–H groups in total. The molecule has 0 aliphatic heterocycles. The molecule has 0 amide bonds. The molecule has 1 saturated carbocycles. The normalized spacial score (nSPS) is 16.8. The van der Waals surface area contributed by atoms with Crippen molar-refractivity contribution in [1.29, 1.82) is 0 Å². The molecule has 1 aliphatic rings. The lowest BCUT2D eigenvalue weighted by Gasteiger charge is -2.11. The first kappa shape index (κ1) is 19.5. The van der Waals surface area contributed by atoms with E-state index in [9.17, 15) is 5.11 Å². The van der Waals surface area contributed by atoms with Crippen LogP contribution >= 0.6 is 0 Å². The molecule has 0 radical (unpaired) electrons. The van der Waals surface area contributed by atoms with E-state index in [1.807, 2.05) is 6.07 Å². The molecule has 1 heterocycles. The number of unbranched alkanes of at least 4 members (excludes halogenated alkanes) is 2. The van der Waals surface area contributed by atoms with E-state index in [1.54, 1.807) is 6.26 Å². The standard InChI is InChI=1S/C13H24O2Si.C6H12/c1-5-6-7-8-12(14)11-9-13(15-10-11)16(2,3)4;1-2-4-6-5-3-1/h9-10,12,14H,5-8H2,1-4H3;1-6H2. The molecule has 0 spiro atoms. The van der Waals surface area contributed by atoms with Crippen molar-refractivity contribution in [3.63, 3.8) is 0 Å². The first-order valence-electron chi connectivity index (χ1n) is 9.22. The molecule has 22 heavy (non-hydrogen) atoms. The Bertz CT molecular complexity index is 377. The molecule has 2 rings (SSSR count). The van der Waals surface area contributed by atoms with Crippen LogP contribution in [-0.2, 0) is 0 Å². The van der Waals surface area contributed by atoms with Gasteiger partial charge in [0.25, 0.3) is 0 Å². The fraction of sp³-hybridized carbons (Fsp3) is 0.789. The van der Waals surface area contributed by atoms with E-state index in [0.29, 0.717) is 0 Å². The minimum Gasteiger partial charge on any atom is -0.474 e. The van der Waals surface area contributed by atoms with E-state index in [-0.39, 0.29) is 6.10 Å². The Labute approximate surface area is 138 Å². The summed E-state index contributed by atoms with van der Waals surface area (Å²) in [5.41, 5.74) is 0.952. The predicted molar refractivity (Wildman–Crippen MR) is 98.5 cm³/mol. The van der Waals surface area contributed by atoms with E-state index in [0.717, 1.165) is 23.8 Å². The lowest BCUT2D eigenvalue weighted by molar-refractivity contribution is 0.163. The van der Waals surface area contributed by atoms with Crippen molar-refractivity contribution >= 4 is 13.5 Å². The summed E-state index contributed by atoms with van der Waals surface area (Å²) in [6.45, 7) is 8.92. The Morgan fingerprint density at radius 1 is 1.05 bits per heavy atom. The van der Waals surface area contributed by atoms with Crippen molar-refractivity contribution < 1.29 is 9.52 Å². The van der Waals surface area contributed by atoms with Crippen molar-refractivity contribution in [2.75, 3.05) is 0 Å². The highest BCUT2D eigenvalue weighted by molar-refractivity contribution is 6.87. The third-order valence-electron chi connectivity index (χ3n) is 4.32. The quantitative estimate of drug-likeness (QED) is 0.531. The summed E-state index contributed by atoms with van der Waals surface area (Å²) in [7, 11) is -1.37. The minimum atomic E-state index is -1.37. The van der Waals surface area contributed by atoms with Gasteiger partial charge < -0.3 is 9.52 Å². The summed E-state index contributed by atoms with van der Waals surface area (Å²) >= 11 is 0. The second-order valence-corrected chi connectivity index (χ2v) is 12.6. The van der Waals surface area contributed by atoms with Gasteiger partial charge in [0.05, 0.1) is 17.8 Å². The molecule has 1 aromatic rings. The van der Waals surface area contributed by atoms with Crippen molar-refractivity contribution in [2.45, 2.75) is 96.9 Å². The average molecular weight is 325 g/mol. The third kappa shape index (κ3) is 7.64. The molecule has 2 nitrogen and oxygen atoms in total. The van der Waals surface area contributed by atoms with E-state index in [4.69, 9.17) is 4.42 Å². The van der Waals surface area contributed by atoms with Gasteiger partial charge in [0.2, 0.25) is 0 Å². The van der Waals surface area contributed by atoms with Crippen molar-refractivity contribution in [2.24, 2.45) is 0 Å². The molecule has 1 aromatic heterocycles. The van der Waals surface area contributed by atoms with Gasteiger partial charge in [-0.3, -0.25) is 0 Å². The van der Waals surface area contributed by atoms with Gasteiger partial charge in [0.15, 0.2) is 0 Å². The number of rotatable bonds is 6. The highest BCUT2D eigenvalue weighted by Gasteiger charge is 2.22. The van der Waals surface area contributed by atoms with E-state index in [2.05, 4.69) is 26.6 Å². The second-order valence-electron chi connectivity index (χ2n) is 7.63. The Hall–Kier alpha value is -0.543. The van der Waals surface area contributed by atoms with E-state index >= 15 is 0 Å². The van der Waals surface area contributed by atoms with Crippen LogP contribution < -0.4 is 5.38 Å². The minimum absolute atomic E-state index is 0.347. The van der Waals surface area contributed by atoms with Gasteiger partial charge >= 0.3 is 0 Å². The SMILES string of the molecule is C1CCCCC1.CCCCCC(O)c1coc([Si](C)(C)C)c1. The third-order valence-corrected chi connectivity index (χ3v) is 6.07. The summed E-state index contributed by atoms with van der Waals surface area (Å²) in [6, 6.07) is 2.04. The second kappa shape index (κ2) is 10.3. The zero-order chi connectivity index (χ0) is 16.4. The molecule has 1 fully saturated rings. The van der Waals surface area contributed by atoms with Crippen molar-refractivity contribution in [1.82, 2.24) is 0 Å². The van der Waals surface area contributed by atoms with Crippen molar-refractivity contribution in [3.05, 3.63) is 17.9 Å². The van der Waals surface area contributed by atoms with Gasteiger partial charge in [0, 0.05) is 5.56 Å². The monoisotopic (exact) mass is 324 g/mol. The number of furan rings is 1. The van der Waals surface area contributed by atoms with Gasteiger partial charge in [0.1, 0.15) is 8.07 Å². The number of aliphatic hydroxyl groups is 1. The molecular weight excluding hydrogens is 288 g/mol. The molecular formula is C19H36O2Si. The summed E-state index contributed by atoms with van der Waals surface area (Å²) in [5, 5.41) is 11.1. The van der Waals surface area contributed by atoms with E-state index in [1.165, 1.54) is 51.4 Å². The van der Waals surface area contributed by atoms with Crippen LogP contribution in [0, 0.1) is 0 Å². The molecule has 1 unspecified atom stereocenters. The maximum absolute atomic E-state index is 9.98. The molecule has 0 saturated heterocycles. The largest absolute Gasteiger partial charge is 0.474 e. The van der Waals surface area contributed by atoms with Gasteiger partial charge in [-0.05, 0) is 12.5 Å². The van der Waals surface area contributed by atoms with Gasteiger partial charge in [-0.1, -0.05) is 84.4 Å². The topological polar surface area (TPSA) is 33.4 Å². The zero-order valence-electron chi connectivity index (χ0n) is 15.2. The Morgan fingerprint density at radius 2 is 1.59 bits per heavy atom. The number of hydrogen-bond acceptors (Lipinski definition) is 2. The van der Waals surface area contributed by atoms with Crippen LogP contribution in [-0.4, -0.2) is 13.2 Å². The molecule has 128 valence electrons. The van der Waals surface area contributed by atoms with Gasteiger partial charge in [-0.15, -0.1) is 0 Å². The average Bonchev–Trinajstić information content (AvgIpc) is 3.00. The zero-order valence-corrected chi connectivity index (χ0v) is 16.2. The Balaban J connectivity index is 0.000000335.